The van der Waals surface area contributed by atoms with E-state index in [9.17, 15) is 5.11 Å². The van der Waals surface area contributed by atoms with Crippen LogP contribution in [0.2, 0.25) is 5.15 Å². The fourth-order valence-electron chi connectivity index (χ4n) is 1.54. The summed E-state index contributed by atoms with van der Waals surface area (Å²) in [6, 6.07) is 0. The second-order valence-corrected chi connectivity index (χ2v) is 4.80. The maximum absolute atomic E-state index is 9.82. The van der Waals surface area contributed by atoms with E-state index < -0.39 is 5.60 Å². The normalized spacial score (nSPS) is 11.6. The number of rotatable bonds is 4. The molecule has 0 fully saturated rings. The molecule has 0 aromatic carbocycles. The van der Waals surface area contributed by atoms with Crippen LogP contribution in [0, 0.1) is 6.92 Å². The third-order valence-electron chi connectivity index (χ3n) is 2.26. The fraction of sp³-hybridized carbons (Fsp3) is 0.636. The lowest BCUT2D eigenvalue weighted by molar-refractivity contribution is 0.0874. The van der Waals surface area contributed by atoms with Gasteiger partial charge in [0.05, 0.1) is 5.60 Å². The van der Waals surface area contributed by atoms with Gasteiger partial charge < -0.3 is 10.0 Å². The summed E-state index contributed by atoms with van der Waals surface area (Å²) >= 11 is 5.95. The smallest absolute Gasteiger partial charge is 0.137 e. The second kappa shape index (κ2) is 4.97. The van der Waals surface area contributed by atoms with Crippen molar-refractivity contribution in [2.45, 2.75) is 33.3 Å². The first-order chi connectivity index (χ1) is 7.35. The van der Waals surface area contributed by atoms with Crippen molar-refractivity contribution in [3.8, 4) is 0 Å². The molecule has 0 radical (unpaired) electrons. The molecule has 1 aromatic heterocycles. The average Bonchev–Trinajstić information content (AvgIpc) is 2.18. The summed E-state index contributed by atoms with van der Waals surface area (Å²) in [4.78, 5) is 10.1. The Morgan fingerprint density at radius 1 is 1.44 bits per heavy atom. The van der Waals surface area contributed by atoms with Crippen molar-refractivity contribution in [3.05, 3.63) is 17.0 Å². The number of hydrogen-bond acceptors (Lipinski definition) is 4. The maximum atomic E-state index is 9.82. The second-order valence-electron chi connectivity index (χ2n) is 4.44. The summed E-state index contributed by atoms with van der Waals surface area (Å²) in [5.74, 6) is 0.782. The lowest BCUT2D eigenvalue weighted by atomic mass is 10.1. The molecule has 1 aromatic rings. The summed E-state index contributed by atoms with van der Waals surface area (Å²) in [7, 11) is 0. The number of hydrogen-bond donors (Lipinski definition) is 1. The van der Waals surface area contributed by atoms with E-state index in [1.54, 1.807) is 13.8 Å². The Kier molecular flexibility index (Phi) is 4.10. The highest BCUT2D eigenvalue weighted by Crippen LogP contribution is 2.23. The Morgan fingerprint density at radius 2 is 2.06 bits per heavy atom. The largest absolute Gasteiger partial charge is 0.389 e. The third kappa shape index (κ3) is 3.32. The molecule has 1 heterocycles. The zero-order valence-electron chi connectivity index (χ0n) is 10.2. The van der Waals surface area contributed by atoms with Crippen molar-refractivity contribution >= 4 is 17.4 Å². The molecule has 16 heavy (non-hydrogen) atoms. The van der Waals surface area contributed by atoms with Crippen LogP contribution in [0.15, 0.2) is 6.33 Å². The standard InChI is InChI=1S/C11H18ClN3O/c1-5-15(6-11(3,4)16)10-8(2)9(12)13-7-14-10/h7,16H,5-6H2,1-4H3. The van der Waals surface area contributed by atoms with E-state index in [0.717, 1.165) is 17.9 Å². The molecule has 0 bridgehead atoms. The van der Waals surface area contributed by atoms with E-state index in [0.29, 0.717) is 11.7 Å². The molecule has 0 unspecified atom stereocenters. The Morgan fingerprint density at radius 3 is 2.56 bits per heavy atom. The molecule has 0 amide bonds. The first-order valence-corrected chi connectivity index (χ1v) is 5.67. The van der Waals surface area contributed by atoms with Gasteiger partial charge >= 0.3 is 0 Å². The predicted molar refractivity (Wildman–Crippen MR) is 66.0 cm³/mol. The van der Waals surface area contributed by atoms with E-state index in [1.807, 2.05) is 18.7 Å². The zero-order valence-corrected chi connectivity index (χ0v) is 10.9. The van der Waals surface area contributed by atoms with Crippen LogP contribution in [0.1, 0.15) is 26.3 Å². The summed E-state index contributed by atoms with van der Waals surface area (Å²) in [6.45, 7) is 8.71. The number of aliphatic hydroxyl groups is 1. The minimum atomic E-state index is -0.764. The Balaban J connectivity index is 3.00. The summed E-state index contributed by atoms with van der Waals surface area (Å²) in [6.07, 6.45) is 1.44. The molecule has 0 aliphatic heterocycles. The molecule has 1 rings (SSSR count). The highest BCUT2D eigenvalue weighted by atomic mass is 35.5. The van der Waals surface area contributed by atoms with Crippen molar-refractivity contribution in [2.24, 2.45) is 0 Å². The lowest BCUT2D eigenvalue weighted by Crippen LogP contribution is -2.39. The molecule has 0 aliphatic rings. The van der Waals surface area contributed by atoms with Gasteiger partial charge in [-0.3, -0.25) is 0 Å². The van der Waals surface area contributed by atoms with Crippen LogP contribution < -0.4 is 4.90 Å². The molecular weight excluding hydrogens is 226 g/mol. The van der Waals surface area contributed by atoms with Gasteiger partial charge in [0, 0.05) is 18.7 Å². The molecule has 0 saturated carbocycles. The van der Waals surface area contributed by atoms with Crippen LogP contribution in [0.3, 0.4) is 0 Å². The monoisotopic (exact) mass is 243 g/mol. The van der Waals surface area contributed by atoms with Crippen LogP contribution in [0.5, 0.6) is 0 Å². The van der Waals surface area contributed by atoms with E-state index in [4.69, 9.17) is 11.6 Å². The van der Waals surface area contributed by atoms with Gasteiger partial charge in [-0.15, -0.1) is 0 Å². The van der Waals surface area contributed by atoms with Crippen LogP contribution >= 0.6 is 11.6 Å². The van der Waals surface area contributed by atoms with Gasteiger partial charge in [-0.2, -0.15) is 0 Å². The van der Waals surface area contributed by atoms with Crippen molar-refractivity contribution in [3.63, 3.8) is 0 Å². The topological polar surface area (TPSA) is 49.2 Å². The van der Waals surface area contributed by atoms with Crippen molar-refractivity contribution in [1.29, 1.82) is 0 Å². The van der Waals surface area contributed by atoms with Gasteiger partial charge in [0.1, 0.15) is 17.3 Å². The fourth-order valence-corrected chi connectivity index (χ4v) is 1.67. The molecule has 4 nitrogen and oxygen atoms in total. The average molecular weight is 244 g/mol. The highest BCUT2D eigenvalue weighted by molar-refractivity contribution is 6.30. The Hall–Kier alpha value is -0.870. The minimum Gasteiger partial charge on any atom is -0.389 e. The number of halogens is 1. The zero-order chi connectivity index (χ0) is 12.3. The van der Waals surface area contributed by atoms with E-state index in [2.05, 4.69) is 9.97 Å². The van der Waals surface area contributed by atoms with Crippen LogP contribution in [0.25, 0.3) is 0 Å². The number of aromatic nitrogens is 2. The van der Waals surface area contributed by atoms with Crippen LogP contribution in [-0.4, -0.2) is 33.8 Å². The molecule has 0 atom stereocenters. The van der Waals surface area contributed by atoms with Gasteiger partial charge in [-0.05, 0) is 27.7 Å². The summed E-state index contributed by atoms with van der Waals surface area (Å²) in [5.41, 5.74) is 0.0788. The first-order valence-electron chi connectivity index (χ1n) is 5.29. The van der Waals surface area contributed by atoms with E-state index in [-0.39, 0.29) is 0 Å². The van der Waals surface area contributed by atoms with Gasteiger partial charge in [0.2, 0.25) is 0 Å². The lowest BCUT2D eigenvalue weighted by Gasteiger charge is -2.29. The van der Waals surface area contributed by atoms with Crippen LogP contribution in [0.4, 0.5) is 5.82 Å². The Labute approximate surface area is 101 Å². The number of likely N-dealkylation sites (N-methyl/N-ethyl adjacent to an activating group) is 1. The maximum Gasteiger partial charge on any atom is 0.137 e. The van der Waals surface area contributed by atoms with Crippen LogP contribution in [-0.2, 0) is 0 Å². The first kappa shape index (κ1) is 13.2. The molecule has 5 heteroatoms. The van der Waals surface area contributed by atoms with Gasteiger partial charge in [-0.1, -0.05) is 11.6 Å². The quantitative estimate of drug-likeness (QED) is 0.823. The van der Waals surface area contributed by atoms with Gasteiger partial charge in [0.25, 0.3) is 0 Å². The van der Waals surface area contributed by atoms with Gasteiger partial charge in [-0.25, -0.2) is 9.97 Å². The molecule has 90 valence electrons. The molecule has 1 N–H and O–H groups in total. The highest BCUT2D eigenvalue weighted by Gasteiger charge is 2.20. The van der Waals surface area contributed by atoms with Crippen molar-refractivity contribution < 1.29 is 5.11 Å². The van der Waals surface area contributed by atoms with Crippen molar-refractivity contribution in [2.75, 3.05) is 18.0 Å². The molecule has 0 spiro atoms. The van der Waals surface area contributed by atoms with Gasteiger partial charge in [0.15, 0.2) is 0 Å². The molecule has 0 aliphatic carbocycles. The summed E-state index contributed by atoms with van der Waals surface area (Å²) < 4.78 is 0. The predicted octanol–water partition coefficient (Wildman–Crippen LogP) is 2.04. The molecule has 0 saturated heterocycles. The minimum absolute atomic E-state index is 0.458. The SMILES string of the molecule is CCN(CC(C)(C)O)c1ncnc(Cl)c1C. The Bertz CT molecular complexity index is 363. The van der Waals surface area contributed by atoms with Crippen molar-refractivity contribution in [1.82, 2.24) is 9.97 Å². The summed E-state index contributed by atoms with van der Waals surface area (Å²) in [5, 5.41) is 10.3. The third-order valence-corrected chi connectivity index (χ3v) is 2.64. The van der Waals surface area contributed by atoms with E-state index in [1.165, 1.54) is 6.33 Å². The molecular formula is C11H18ClN3O. The number of nitrogens with zero attached hydrogens (tertiary/aromatic N) is 3. The van der Waals surface area contributed by atoms with E-state index >= 15 is 0 Å². The number of anilines is 1.